The molecular formula is C13H15FN2O3S. The van der Waals surface area contributed by atoms with Gasteiger partial charge in [0.25, 0.3) is 0 Å². The normalized spacial score (nSPS) is 27.1. The maximum Gasteiger partial charge on any atom is 0.246 e. The number of rotatable bonds is 2. The van der Waals surface area contributed by atoms with Crippen LogP contribution < -0.4 is 5.32 Å². The Labute approximate surface area is 116 Å². The van der Waals surface area contributed by atoms with Gasteiger partial charge in [0.15, 0.2) is 0 Å². The van der Waals surface area contributed by atoms with Crippen LogP contribution in [0.25, 0.3) is 0 Å². The molecule has 108 valence electrons. The predicted octanol–water partition coefficient (Wildman–Crippen LogP) is 0.582. The minimum Gasteiger partial charge on any atom is -0.356 e. The van der Waals surface area contributed by atoms with Gasteiger partial charge in [-0.25, -0.2) is 12.8 Å². The maximum atomic E-state index is 13.7. The summed E-state index contributed by atoms with van der Waals surface area (Å²) in [7, 11) is -3.83. The molecule has 2 saturated heterocycles. The molecule has 0 saturated carbocycles. The number of sulfonamides is 1. The van der Waals surface area contributed by atoms with E-state index in [0.717, 1.165) is 6.07 Å². The summed E-state index contributed by atoms with van der Waals surface area (Å²) in [5, 5.41) is 2.74. The summed E-state index contributed by atoms with van der Waals surface area (Å²) in [6.45, 7) is 1.11. The first kappa shape index (κ1) is 13.5. The van der Waals surface area contributed by atoms with Gasteiger partial charge >= 0.3 is 0 Å². The van der Waals surface area contributed by atoms with E-state index < -0.39 is 15.8 Å². The number of halogens is 1. The number of piperidine rings is 1. The van der Waals surface area contributed by atoms with Gasteiger partial charge in [-0.05, 0) is 24.0 Å². The molecular weight excluding hydrogens is 283 g/mol. The van der Waals surface area contributed by atoms with Crippen molar-refractivity contribution in [1.29, 1.82) is 0 Å². The molecule has 1 aromatic rings. The molecule has 2 heterocycles. The van der Waals surface area contributed by atoms with E-state index in [9.17, 15) is 17.6 Å². The van der Waals surface area contributed by atoms with Crippen molar-refractivity contribution < 1.29 is 17.6 Å². The first-order valence-corrected chi connectivity index (χ1v) is 7.94. The molecule has 2 atom stereocenters. The zero-order valence-corrected chi connectivity index (χ0v) is 11.6. The number of hydrogen-bond donors (Lipinski definition) is 1. The average Bonchev–Trinajstić information content (AvgIpc) is 2.82. The highest BCUT2D eigenvalue weighted by Gasteiger charge is 2.42. The fourth-order valence-corrected chi connectivity index (χ4v) is 4.52. The van der Waals surface area contributed by atoms with Gasteiger partial charge < -0.3 is 5.32 Å². The molecule has 0 unspecified atom stereocenters. The lowest BCUT2D eigenvalue weighted by Crippen LogP contribution is -2.40. The van der Waals surface area contributed by atoms with Crippen molar-refractivity contribution in [3.8, 4) is 0 Å². The fourth-order valence-electron chi connectivity index (χ4n) is 2.90. The van der Waals surface area contributed by atoms with E-state index in [2.05, 4.69) is 5.32 Å². The topological polar surface area (TPSA) is 66.5 Å². The monoisotopic (exact) mass is 298 g/mol. The summed E-state index contributed by atoms with van der Waals surface area (Å²) in [6, 6.07) is 5.38. The molecule has 1 N–H and O–H groups in total. The van der Waals surface area contributed by atoms with Crippen molar-refractivity contribution in [3.63, 3.8) is 0 Å². The summed E-state index contributed by atoms with van der Waals surface area (Å²) in [5.74, 6) is -0.632. The van der Waals surface area contributed by atoms with Crippen molar-refractivity contribution in [1.82, 2.24) is 9.62 Å². The fraction of sp³-hybridized carbons (Fsp3) is 0.462. The van der Waals surface area contributed by atoms with Crippen LogP contribution in [0, 0.1) is 17.7 Å². The van der Waals surface area contributed by atoms with Crippen molar-refractivity contribution >= 4 is 15.9 Å². The lowest BCUT2D eigenvalue weighted by molar-refractivity contribution is -0.124. The van der Waals surface area contributed by atoms with Gasteiger partial charge in [-0.2, -0.15) is 4.31 Å². The van der Waals surface area contributed by atoms with E-state index in [1.807, 2.05) is 0 Å². The summed E-state index contributed by atoms with van der Waals surface area (Å²) < 4.78 is 39.9. The molecule has 2 fully saturated rings. The van der Waals surface area contributed by atoms with Crippen LogP contribution in [0.1, 0.15) is 6.42 Å². The van der Waals surface area contributed by atoms with Crippen molar-refractivity contribution in [2.24, 2.45) is 11.8 Å². The van der Waals surface area contributed by atoms with Crippen LogP contribution in [0.4, 0.5) is 4.39 Å². The minimum absolute atomic E-state index is 0.0327. The zero-order valence-electron chi connectivity index (χ0n) is 10.8. The Balaban J connectivity index is 1.87. The molecule has 0 spiro atoms. The average molecular weight is 298 g/mol. The third-order valence-corrected chi connectivity index (χ3v) is 5.87. The number of hydrogen-bond acceptors (Lipinski definition) is 3. The largest absolute Gasteiger partial charge is 0.356 e. The van der Waals surface area contributed by atoms with Crippen LogP contribution in [0.2, 0.25) is 0 Å². The predicted molar refractivity (Wildman–Crippen MR) is 69.8 cm³/mol. The molecule has 20 heavy (non-hydrogen) atoms. The van der Waals surface area contributed by atoms with Crippen LogP contribution in [-0.2, 0) is 14.8 Å². The first-order valence-electron chi connectivity index (χ1n) is 6.50. The highest BCUT2D eigenvalue weighted by molar-refractivity contribution is 7.89. The van der Waals surface area contributed by atoms with Crippen molar-refractivity contribution in [2.45, 2.75) is 11.3 Å². The Morgan fingerprint density at radius 1 is 1.20 bits per heavy atom. The first-order chi connectivity index (χ1) is 9.48. The Kier molecular flexibility index (Phi) is 3.25. The lowest BCUT2D eigenvalue weighted by Gasteiger charge is -2.23. The van der Waals surface area contributed by atoms with E-state index in [0.29, 0.717) is 19.5 Å². The number of benzene rings is 1. The Morgan fingerprint density at radius 2 is 1.90 bits per heavy atom. The molecule has 0 radical (unpaired) electrons. The van der Waals surface area contributed by atoms with Crippen LogP contribution in [0.15, 0.2) is 29.2 Å². The summed E-state index contributed by atoms with van der Waals surface area (Å²) in [4.78, 5) is 11.1. The highest BCUT2D eigenvalue weighted by atomic mass is 32.2. The Morgan fingerprint density at radius 3 is 2.65 bits per heavy atom. The van der Waals surface area contributed by atoms with E-state index in [1.165, 1.54) is 22.5 Å². The van der Waals surface area contributed by atoms with Crippen molar-refractivity contribution in [2.75, 3.05) is 19.6 Å². The second-order valence-corrected chi connectivity index (χ2v) is 7.19. The third kappa shape index (κ3) is 2.20. The van der Waals surface area contributed by atoms with Crippen LogP contribution in [0.5, 0.6) is 0 Å². The molecule has 5 nitrogen and oxygen atoms in total. The second kappa shape index (κ2) is 4.82. The number of amides is 1. The van der Waals surface area contributed by atoms with Gasteiger partial charge in [0.2, 0.25) is 15.9 Å². The number of fused-ring (bicyclic) bond motifs is 1. The Bertz CT molecular complexity index is 647. The van der Waals surface area contributed by atoms with Crippen molar-refractivity contribution in [3.05, 3.63) is 30.1 Å². The second-order valence-electron chi connectivity index (χ2n) is 5.28. The third-order valence-electron chi connectivity index (χ3n) is 4.01. The molecule has 0 bridgehead atoms. The summed E-state index contributed by atoms with van der Waals surface area (Å²) in [6.07, 6.45) is 0.341. The molecule has 2 aliphatic rings. The smallest absolute Gasteiger partial charge is 0.246 e. The highest BCUT2D eigenvalue weighted by Crippen LogP contribution is 2.32. The lowest BCUT2D eigenvalue weighted by atomic mass is 9.89. The summed E-state index contributed by atoms with van der Waals surface area (Å²) in [5.41, 5.74) is 0. The van der Waals surface area contributed by atoms with Crippen LogP contribution in [0.3, 0.4) is 0 Å². The number of carbonyl (C=O) groups excluding carboxylic acids is 1. The molecule has 2 aliphatic heterocycles. The van der Waals surface area contributed by atoms with E-state index in [-0.39, 0.29) is 29.2 Å². The molecule has 1 amide bonds. The van der Waals surface area contributed by atoms with Gasteiger partial charge in [0.05, 0.1) is 0 Å². The van der Waals surface area contributed by atoms with Gasteiger partial charge in [0.1, 0.15) is 10.7 Å². The van der Waals surface area contributed by atoms with Gasteiger partial charge in [-0.3, -0.25) is 4.79 Å². The Hall–Kier alpha value is -1.47. The number of nitrogens with zero attached hydrogens (tertiary/aromatic N) is 1. The molecule has 1 aromatic carbocycles. The molecule has 0 aliphatic carbocycles. The maximum absolute atomic E-state index is 13.7. The van der Waals surface area contributed by atoms with Crippen LogP contribution >= 0.6 is 0 Å². The quantitative estimate of drug-likeness (QED) is 0.868. The van der Waals surface area contributed by atoms with E-state index >= 15 is 0 Å². The van der Waals surface area contributed by atoms with E-state index in [4.69, 9.17) is 0 Å². The number of carbonyl (C=O) groups is 1. The summed E-state index contributed by atoms with van der Waals surface area (Å²) >= 11 is 0. The van der Waals surface area contributed by atoms with Gasteiger partial charge in [0, 0.05) is 26.1 Å². The SMILES string of the molecule is O=C1C[C@H]2CN(S(=O)(=O)c3ccccc3F)C[C@H]2CN1. The molecule has 7 heteroatoms. The van der Waals surface area contributed by atoms with E-state index in [1.54, 1.807) is 0 Å². The number of nitrogens with one attached hydrogen (secondary N) is 1. The van der Waals surface area contributed by atoms with Crippen LogP contribution in [-0.4, -0.2) is 38.3 Å². The molecule has 3 rings (SSSR count). The molecule has 0 aromatic heterocycles. The van der Waals surface area contributed by atoms with Gasteiger partial charge in [-0.15, -0.1) is 0 Å². The standard InChI is InChI=1S/C13H15FN2O3S/c14-11-3-1-2-4-12(11)20(18,19)16-7-9-5-13(17)15-6-10(9)8-16/h1-4,9-10H,5-8H2,(H,15,17)/t9-,10+/m0/s1. The zero-order chi connectivity index (χ0) is 14.3. The minimum atomic E-state index is -3.83. The van der Waals surface area contributed by atoms with Gasteiger partial charge in [-0.1, -0.05) is 12.1 Å².